The van der Waals surface area contributed by atoms with Crippen LogP contribution in [0.15, 0.2) is 86.0 Å². The quantitative estimate of drug-likeness (QED) is 0.136. The molecule has 0 aliphatic heterocycles. The number of unbranched alkanes of at least 4 members (excludes halogenated alkanes) is 1. The number of aromatic nitrogens is 4. The summed E-state index contributed by atoms with van der Waals surface area (Å²) in [5.74, 6) is 2.54. The van der Waals surface area contributed by atoms with Gasteiger partial charge in [-0.05, 0) is 37.1 Å². The standard InChI is InChI=1S/C32H40N4/c1-7-21-33-25(3)27(5)35(31(33)29-17-11-9-12-18-29)23-15-16-24-36-28(6)26(4)34(22-8-2)32(36)30-19-13-10-14-20-30/h7-14,17-20H,1-2,15-16,21-24H2,3-6H3/q+2. The third-order valence-electron chi connectivity index (χ3n) is 7.39. The molecular formula is C32H40N4+2. The Balaban J connectivity index is 1.60. The van der Waals surface area contributed by atoms with Crippen LogP contribution in [0.4, 0.5) is 0 Å². The average molecular weight is 481 g/mol. The predicted octanol–water partition coefficient (Wildman–Crippen LogP) is 6.28. The van der Waals surface area contributed by atoms with E-state index < -0.39 is 0 Å². The molecule has 0 fully saturated rings. The first-order valence-corrected chi connectivity index (χ1v) is 13.0. The molecule has 0 N–H and O–H groups in total. The Kier molecular flexibility index (Phi) is 8.04. The Bertz CT molecular complexity index is 1230. The molecule has 4 rings (SSSR count). The highest BCUT2D eigenvalue weighted by molar-refractivity contribution is 5.54. The largest absolute Gasteiger partial charge is 0.289 e. The van der Waals surface area contributed by atoms with Gasteiger partial charge in [0, 0.05) is 27.7 Å². The molecule has 0 saturated heterocycles. The van der Waals surface area contributed by atoms with Gasteiger partial charge < -0.3 is 0 Å². The van der Waals surface area contributed by atoms with Gasteiger partial charge in [-0.1, -0.05) is 61.7 Å². The van der Waals surface area contributed by atoms with Gasteiger partial charge in [-0.3, -0.25) is 0 Å². The second-order valence-electron chi connectivity index (χ2n) is 9.53. The van der Waals surface area contributed by atoms with E-state index in [-0.39, 0.29) is 0 Å². The smallest absolute Gasteiger partial charge is 0.227 e. The minimum Gasteiger partial charge on any atom is -0.227 e. The van der Waals surface area contributed by atoms with Crippen molar-refractivity contribution in [2.75, 3.05) is 0 Å². The number of rotatable bonds is 11. The molecule has 0 atom stereocenters. The maximum atomic E-state index is 4.00. The van der Waals surface area contributed by atoms with Gasteiger partial charge in [-0.15, -0.1) is 0 Å². The Morgan fingerprint density at radius 3 is 1.31 bits per heavy atom. The van der Waals surface area contributed by atoms with Gasteiger partial charge in [0.15, 0.2) is 0 Å². The van der Waals surface area contributed by atoms with Crippen molar-refractivity contribution in [1.29, 1.82) is 0 Å². The van der Waals surface area contributed by atoms with Crippen molar-refractivity contribution in [3.8, 4) is 22.8 Å². The first-order valence-electron chi connectivity index (χ1n) is 13.0. The zero-order chi connectivity index (χ0) is 25.7. The molecule has 0 unspecified atom stereocenters. The lowest BCUT2D eigenvalue weighted by molar-refractivity contribution is -0.702. The predicted molar refractivity (Wildman–Crippen MR) is 149 cm³/mol. The number of hydrogen-bond donors (Lipinski definition) is 0. The highest BCUT2D eigenvalue weighted by Crippen LogP contribution is 2.23. The van der Waals surface area contributed by atoms with E-state index >= 15 is 0 Å². The fraction of sp³-hybridized carbons (Fsp3) is 0.312. The van der Waals surface area contributed by atoms with Gasteiger partial charge in [-0.2, -0.15) is 0 Å². The van der Waals surface area contributed by atoms with Crippen molar-refractivity contribution in [2.45, 2.75) is 66.7 Å². The Morgan fingerprint density at radius 2 is 0.972 bits per heavy atom. The van der Waals surface area contributed by atoms with E-state index in [9.17, 15) is 0 Å². The van der Waals surface area contributed by atoms with Crippen LogP contribution < -0.4 is 9.13 Å². The van der Waals surface area contributed by atoms with Crippen LogP contribution >= 0.6 is 0 Å². The van der Waals surface area contributed by atoms with Gasteiger partial charge in [0.05, 0.1) is 24.2 Å². The van der Waals surface area contributed by atoms with E-state index in [1.165, 1.54) is 45.6 Å². The van der Waals surface area contributed by atoms with E-state index in [0.717, 1.165) is 39.0 Å². The van der Waals surface area contributed by atoms with Gasteiger partial charge in [-0.25, -0.2) is 18.3 Å². The minimum atomic E-state index is 0.815. The lowest BCUT2D eigenvalue weighted by atomic mass is 10.2. The molecule has 186 valence electrons. The van der Waals surface area contributed by atoms with Gasteiger partial charge in [0.2, 0.25) is 0 Å². The Hall–Kier alpha value is -3.66. The Labute approximate surface area is 216 Å². The topological polar surface area (TPSA) is 17.6 Å². The van der Waals surface area contributed by atoms with E-state index in [4.69, 9.17) is 0 Å². The van der Waals surface area contributed by atoms with Crippen LogP contribution in [0.2, 0.25) is 0 Å². The Morgan fingerprint density at radius 1 is 0.611 bits per heavy atom. The molecule has 4 aromatic rings. The lowest BCUT2D eigenvalue weighted by Crippen LogP contribution is -2.40. The van der Waals surface area contributed by atoms with Crippen LogP contribution in [-0.2, 0) is 26.2 Å². The van der Waals surface area contributed by atoms with E-state index in [1.807, 2.05) is 12.2 Å². The number of nitrogens with zero attached hydrogens (tertiary/aromatic N) is 4. The van der Waals surface area contributed by atoms with E-state index in [2.05, 4.69) is 120 Å². The molecule has 0 bridgehead atoms. The molecule has 0 radical (unpaired) electrons. The second kappa shape index (κ2) is 11.4. The molecule has 0 spiro atoms. The first-order chi connectivity index (χ1) is 17.5. The second-order valence-corrected chi connectivity index (χ2v) is 9.53. The van der Waals surface area contributed by atoms with Crippen molar-refractivity contribution >= 4 is 0 Å². The van der Waals surface area contributed by atoms with Crippen molar-refractivity contribution in [1.82, 2.24) is 9.13 Å². The molecule has 4 heteroatoms. The summed E-state index contributed by atoms with van der Waals surface area (Å²) < 4.78 is 9.78. The van der Waals surface area contributed by atoms with Crippen LogP contribution in [0, 0.1) is 27.7 Å². The summed E-state index contributed by atoms with van der Waals surface area (Å²) >= 11 is 0. The van der Waals surface area contributed by atoms with Crippen LogP contribution in [0.3, 0.4) is 0 Å². The zero-order valence-corrected chi connectivity index (χ0v) is 22.4. The molecule has 0 saturated carbocycles. The van der Waals surface area contributed by atoms with Crippen LogP contribution in [0.5, 0.6) is 0 Å². The summed E-state index contributed by atoms with van der Waals surface area (Å²) in [6.45, 7) is 20.5. The summed E-state index contributed by atoms with van der Waals surface area (Å²) in [5, 5.41) is 0. The molecule has 0 amide bonds. The summed E-state index contributed by atoms with van der Waals surface area (Å²) in [7, 11) is 0. The number of hydrogen-bond acceptors (Lipinski definition) is 0. The van der Waals surface area contributed by atoms with Crippen molar-refractivity contribution < 1.29 is 9.13 Å². The third kappa shape index (κ3) is 4.86. The van der Waals surface area contributed by atoms with Gasteiger partial charge in [0.1, 0.15) is 35.9 Å². The van der Waals surface area contributed by atoms with Crippen molar-refractivity contribution in [3.05, 3.63) is 109 Å². The maximum absolute atomic E-state index is 4.00. The minimum absolute atomic E-state index is 0.815. The molecule has 36 heavy (non-hydrogen) atoms. The van der Waals surface area contributed by atoms with Gasteiger partial charge in [0.25, 0.3) is 11.6 Å². The summed E-state index contributed by atoms with van der Waals surface area (Å²) in [6, 6.07) is 21.5. The monoisotopic (exact) mass is 480 g/mol. The molecule has 0 aliphatic carbocycles. The summed E-state index contributed by atoms with van der Waals surface area (Å²) in [4.78, 5) is 0. The van der Waals surface area contributed by atoms with Gasteiger partial charge >= 0.3 is 0 Å². The number of benzene rings is 2. The number of allylic oxidation sites excluding steroid dienone is 2. The zero-order valence-electron chi connectivity index (χ0n) is 22.4. The van der Waals surface area contributed by atoms with Crippen LogP contribution in [0.1, 0.15) is 35.6 Å². The molecular weight excluding hydrogens is 440 g/mol. The van der Waals surface area contributed by atoms with Crippen molar-refractivity contribution in [3.63, 3.8) is 0 Å². The van der Waals surface area contributed by atoms with Crippen LogP contribution in [-0.4, -0.2) is 9.13 Å². The maximum Gasteiger partial charge on any atom is 0.289 e. The SMILES string of the molecule is C=CCn1c(C)c(C)[n+](CCCC[n+]2c(C)c(C)n(CC=C)c2-c2ccccc2)c1-c1ccccc1. The van der Waals surface area contributed by atoms with E-state index in [1.54, 1.807) is 0 Å². The highest BCUT2D eigenvalue weighted by atomic mass is 15.2. The van der Waals surface area contributed by atoms with Crippen LogP contribution in [0.25, 0.3) is 22.8 Å². The first kappa shape index (κ1) is 25.4. The average Bonchev–Trinajstić information content (AvgIpc) is 3.28. The number of imidazole rings is 2. The fourth-order valence-corrected chi connectivity index (χ4v) is 5.30. The molecule has 0 aliphatic rings. The molecule has 2 aromatic carbocycles. The summed E-state index contributed by atoms with van der Waals surface area (Å²) in [5.41, 5.74) is 7.79. The van der Waals surface area contributed by atoms with Crippen molar-refractivity contribution in [2.24, 2.45) is 0 Å². The molecule has 2 heterocycles. The summed E-state index contributed by atoms with van der Waals surface area (Å²) in [6.07, 6.45) is 6.19. The lowest BCUT2D eigenvalue weighted by Gasteiger charge is -2.07. The molecule has 2 aromatic heterocycles. The highest BCUT2D eigenvalue weighted by Gasteiger charge is 2.28. The molecule has 4 nitrogen and oxygen atoms in total. The normalized spacial score (nSPS) is 11.1. The fourth-order valence-electron chi connectivity index (χ4n) is 5.30. The van der Waals surface area contributed by atoms with E-state index in [0.29, 0.717) is 0 Å². The third-order valence-corrected chi connectivity index (χ3v) is 7.39.